The molecule has 5 heteroatoms. The van der Waals surface area contributed by atoms with Crippen LogP contribution in [0.2, 0.25) is 0 Å². The summed E-state index contributed by atoms with van der Waals surface area (Å²) in [5.41, 5.74) is 1.73. The third-order valence-electron chi connectivity index (χ3n) is 4.06. The Hall–Kier alpha value is -2.01. The minimum Gasteiger partial charge on any atom is -0.486 e. The number of nitrogens with one attached hydrogen (secondary N) is 1. The highest BCUT2D eigenvalue weighted by Crippen LogP contribution is 2.34. The normalized spacial score (nSPS) is 16.5. The predicted octanol–water partition coefficient (Wildman–Crippen LogP) is 2.58. The predicted molar refractivity (Wildman–Crippen MR) is 85.5 cm³/mol. The summed E-state index contributed by atoms with van der Waals surface area (Å²) in [6.07, 6.45) is 1.85. The van der Waals surface area contributed by atoms with Crippen LogP contribution in [0.15, 0.2) is 24.3 Å². The summed E-state index contributed by atoms with van der Waals surface area (Å²) in [6.45, 7) is 4.09. The second-order valence-corrected chi connectivity index (χ2v) is 5.58. The Balaban J connectivity index is 1.88. The lowest BCUT2D eigenvalue weighted by Gasteiger charge is -2.26. The minimum atomic E-state index is -0.0324. The molecule has 22 heavy (non-hydrogen) atoms. The van der Waals surface area contributed by atoms with Gasteiger partial charge in [-0.3, -0.25) is 4.79 Å². The van der Waals surface area contributed by atoms with Crippen molar-refractivity contribution < 1.29 is 14.3 Å². The van der Waals surface area contributed by atoms with Gasteiger partial charge < -0.3 is 19.4 Å². The first-order valence-corrected chi connectivity index (χ1v) is 7.80. The van der Waals surface area contributed by atoms with Gasteiger partial charge in [0.25, 0.3) is 5.91 Å². The molecule has 0 radical (unpaired) electrons. The van der Waals surface area contributed by atoms with Crippen molar-refractivity contribution in [3.05, 3.63) is 30.0 Å². The smallest absolute Gasteiger partial charge is 0.267 e. The second-order valence-electron chi connectivity index (χ2n) is 5.58. The van der Waals surface area contributed by atoms with E-state index in [1.165, 1.54) is 0 Å². The van der Waals surface area contributed by atoms with E-state index in [2.05, 4.69) is 16.8 Å². The monoisotopic (exact) mass is 302 g/mol. The van der Waals surface area contributed by atoms with E-state index < -0.39 is 0 Å². The molecule has 0 spiro atoms. The number of para-hydroxylation sites is 1. The Morgan fingerprint density at radius 1 is 1.50 bits per heavy atom. The number of amides is 1. The van der Waals surface area contributed by atoms with Crippen molar-refractivity contribution in [3.63, 3.8) is 0 Å². The second kappa shape index (κ2) is 6.40. The number of carbonyl (C=O) groups is 1. The van der Waals surface area contributed by atoms with Gasteiger partial charge in [0.15, 0.2) is 0 Å². The van der Waals surface area contributed by atoms with E-state index in [-0.39, 0.29) is 12.0 Å². The zero-order chi connectivity index (χ0) is 15.5. The number of ether oxygens (including phenoxy) is 2. The van der Waals surface area contributed by atoms with Gasteiger partial charge in [0.1, 0.15) is 17.5 Å². The Morgan fingerprint density at radius 2 is 2.36 bits per heavy atom. The molecular weight excluding hydrogens is 280 g/mol. The average molecular weight is 302 g/mol. The van der Waals surface area contributed by atoms with Crippen LogP contribution in [-0.2, 0) is 11.3 Å². The van der Waals surface area contributed by atoms with E-state index in [1.54, 1.807) is 7.11 Å². The quantitative estimate of drug-likeness (QED) is 0.834. The molecule has 1 aromatic heterocycles. The molecule has 0 unspecified atom stereocenters. The standard InChI is InChI=1S/C17H22N2O3/c1-3-13-11-19-14(17(20)18-8-5-9-21-2)10-12-6-4-7-15(22-13)16(12)19/h4,6-7,10,13H,3,5,8-9,11H2,1-2H3,(H,18,20)/t13-/m0/s1. The number of hydrogen-bond acceptors (Lipinski definition) is 3. The van der Waals surface area contributed by atoms with Crippen LogP contribution in [-0.4, -0.2) is 36.8 Å². The Kier molecular flexibility index (Phi) is 4.34. The molecule has 1 aliphatic heterocycles. The maximum atomic E-state index is 12.5. The fourth-order valence-corrected chi connectivity index (χ4v) is 2.91. The highest BCUT2D eigenvalue weighted by Gasteiger charge is 2.25. The van der Waals surface area contributed by atoms with Crippen molar-refractivity contribution in [2.24, 2.45) is 0 Å². The molecule has 2 heterocycles. The summed E-state index contributed by atoms with van der Waals surface area (Å²) in [4.78, 5) is 12.5. The molecule has 1 N–H and O–H groups in total. The fourth-order valence-electron chi connectivity index (χ4n) is 2.91. The van der Waals surface area contributed by atoms with Crippen LogP contribution < -0.4 is 10.1 Å². The number of benzene rings is 1. The molecular formula is C17H22N2O3. The molecule has 0 saturated heterocycles. The summed E-state index contributed by atoms with van der Waals surface area (Å²) >= 11 is 0. The number of methoxy groups -OCH3 is 1. The zero-order valence-corrected chi connectivity index (χ0v) is 13.1. The minimum absolute atomic E-state index is 0.0324. The summed E-state index contributed by atoms with van der Waals surface area (Å²) in [6, 6.07) is 7.92. The van der Waals surface area contributed by atoms with Gasteiger partial charge in [-0.05, 0) is 25.0 Å². The van der Waals surface area contributed by atoms with Crippen LogP contribution in [0.4, 0.5) is 0 Å². The average Bonchev–Trinajstić information content (AvgIpc) is 2.92. The molecule has 3 rings (SSSR count). The van der Waals surface area contributed by atoms with E-state index >= 15 is 0 Å². The van der Waals surface area contributed by atoms with Gasteiger partial charge in [0, 0.05) is 25.6 Å². The number of rotatable bonds is 6. The van der Waals surface area contributed by atoms with Gasteiger partial charge in [-0.15, -0.1) is 0 Å². The first kappa shape index (κ1) is 14.9. The molecule has 5 nitrogen and oxygen atoms in total. The highest BCUT2D eigenvalue weighted by atomic mass is 16.5. The van der Waals surface area contributed by atoms with Crippen LogP contribution in [0.5, 0.6) is 5.75 Å². The topological polar surface area (TPSA) is 52.5 Å². The van der Waals surface area contributed by atoms with Gasteiger partial charge >= 0.3 is 0 Å². The van der Waals surface area contributed by atoms with E-state index in [0.29, 0.717) is 18.8 Å². The molecule has 2 aromatic rings. The van der Waals surface area contributed by atoms with Crippen molar-refractivity contribution in [1.29, 1.82) is 0 Å². The maximum Gasteiger partial charge on any atom is 0.267 e. The van der Waals surface area contributed by atoms with E-state index in [4.69, 9.17) is 9.47 Å². The lowest BCUT2D eigenvalue weighted by atomic mass is 10.2. The molecule has 0 fully saturated rings. The molecule has 1 aromatic carbocycles. The lowest BCUT2D eigenvalue weighted by Crippen LogP contribution is -2.32. The van der Waals surface area contributed by atoms with E-state index in [0.717, 1.165) is 36.0 Å². The van der Waals surface area contributed by atoms with Gasteiger partial charge in [-0.2, -0.15) is 0 Å². The number of aromatic nitrogens is 1. The van der Waals surface area contributed by atoms with E-state index in [9.17, 15) is 4.79 Å². The Bertz CT molecular complexity index is 678. The molecule has 1 atom stereocenters. The molecule has 0 saturated carbocycles. The van der Waals surface area contributed by atoms with Crippen LogP contribution in [0, 0.1) is 0 Å². The molecule has 0 bridgehead atoms. The molecule has 1 aliphatic rings. The SMILES string of the molecule is CC[C@H]1Cn2c(C(=O)NCCCOC)cc3cccc(c32)O1. The molecule has 1 amide bonds. The maximum absolute atomic E-state index is 12.5. The van der Waals surface area contributed by atoms with Gasteiger partial charge in [-0.1, -0.05) is 19.1 Å². The first-order valence-electron chi connectivity index (χ1n) is 7.80. The van der Waals surface area contributed by atoms with Gasteiger partial charge in [0.05, 0.1) is 12.1 Å². The van der Waals surface area contributed by atoms with Crippen LogP contribution >= 0.6 is 0 Å². The van der Waals surface area contributed by atoms with Crippen LogP contribution in [0.3, 0.4) is 0 Å². The van der Waals surface area contributed by atoms with Gasteiger partial charge in [-0.25, -0.2) is 0 Å². The first-order chi connectivity index (χ1) is 10.7. The van der Waals surface area contributed by atoms with Crippen molar-refractivity contribution >= 4 is 16.8 Å². The van der Waals surface area contributed by atoms with Gasteiger partial charge in [0.2, 0.25) is 0 Å². The van der Waals surface area contributed by atoms with Crippen molar-refractivity contribution in [2.75, 3.05) is 20.3 Å². The molecule has 118 valence electrons. The third-order valence-corrected chi connectivity index (χ3v) is 4.06. The summed E-state index contributed by atoms with van der Waals surface area (Å²) in [5, 5.41) is 4.02. The van der Waals surface area contributed by atoms with Crippen molar-refractivity contribution in [2.45, 2.75) is 32.4 Å². The number of nitrogens with zero attached hydrogens (tertiary/aromatic N) is 1. The van der Waals surface area contributed by atoms with Crippen molar-refractivity contribution in [3.8, 4) is 5.75 Å². The number of carbonyl (C=O) groups excluding carboxylic acids is 1. The number of hydrogen-bond donors (Lipinski definition) is 1. The third kappa shape index (κ3) is 2.68. The summed E-state index contributed by atoms with van der Waals surface area (Å²) < 4.78 is 13.1. The van der Waals surface area contributed by atoms with Crippen LogP contribution in [0.1, 0.15) is 30.3 Å². The van der Waals surface area contributed by atoms with E-state index in [1.807, 2.05) is 24.3 Å². The van der Waals surface area contributed by atoms with Crippen LogP contribution in [0.25, 0.3) is 10.9 Å². The fraction of sp³-hybridized carbons (Fsp3) is 0.471. The largest absolute Gasteiger partial charge is 0.486 e. The Labute approximate surface area is 130 Å². The molecule has 0 aliphatic carbocycles. The van der Waals surface area contributed by atoms with Crippen molar-refractivity contribution in [1.82, 2.24) is 9.88 Å². The summed E-state index contributed by atoms with van der Waals surface area (Å²) in [5.74, 6) is 0.837. The zero-order valence-electron chi connectivity index (χ0n) is 13.1. The lowest BCUT2D eigenvalue weighted by molar-refractivity contribution is 0.0933. The highest BCUT2D eigenvalue weighted by molar-refractivity contribution is 6.00. The summed E-state index contributed by atoms with van der Waals surface area (Å²) in [7, 11) is 1.66. The Morgan fingerprint density at radius 3 is 3.14 bits per heavy atom.